The number of allylic oxidation sites excluding steroid dienone is 1. The summed E-state index contributed by atoms with van der Waals surface area (Å²) in [5.74, 6) is 5.41. The zero-order chi connectivity index (χ0) is 17.8. The second-order valence-electron chi connectivity index (χ2n) is 8.86. The zero-order valence-corrected chi connectivity index (χ0v) is 15.3. The Balaban J connectivity index is 1.64. The average molecular weight is 340 g/mol. The molecule has 0 aliphatic heterocycles. The van der Waals surface area contributed by atoms with Gasteiger partial charge in [0.05, 0.1) is 0 Å². The first-order valence-electron chi connectivity index (χ1n) is 9.81. The van der Waals surface area contributed by atoms with Gasteiger partial charge in [-0.1, -0.05) is 18.4 Å². The van der Waals surface area contributed by atoms with Crippen LogP contribution in [0.15, 0.2) is 11.6 Å². The number of hydrogen-bond donors (Lipinski definition) is 0. The van der Waals surface area contributed by atoms with Crippen LogP contribution < -0.4 is 0 Å². The van der Waals surface area contributed by atoms with Crippen LogP contribution in [0.4, 0.5) is 0 Å². The van der Waals surface area contributed by atoms with E-state index < -0.39 is 5.60 Å². The van der Waals surface area contributed by atoms with E-state index in [-0.39, 0.29) is 11.4 Å². The van der Waals surface area contributed by atoms with E-state index >= 15 is 0 Å². The number of carbonyl (C=O) groups is 2. The Hall–Kier alpha value is -1.56. The fourth-order valence-electron chi connectivity index (χ4n) is 6.86. The normalized spacial score (nSPS) is 45.5. The van der Waals surface area contributed by atoms with Gasteiger partial charge in [0.15, 0.2) is 11.4 Å². The maximum atomic E-state index is 11.8. The van der Waals surface area contributed by atoms with Gasteiger partial charge in [-0.15, -0.1) is 6.42 Å². The second kappa shape index (κ2) is 5.73. The topological polar surface area (TPSA) is 43.4 Å². The van der Waals surface area contributed by atoms with Crippen molar-refractivity contribution in [1.82, 2.24) is 0 Å². The van der Waals surface area contributed by atoms with Gasteiger partial charge in [0.25, 0.3) is 0 Å². The first-order valence-corrected chi connectivity index (χ1v) is 9.81. The highest BCUT2D eigenvalue weighted by molar-refractivity contribution is 5.91. The highest BCUT2D eigenvalue weighted by Gasteiger charge is 2.64. The molecular weight excluding hydrogens is 312 g/mol. The van der Waals surface area contributed by atoms with Crippen LogP contribution in [0.1, 0.15) is 65.2 Å². The molecular formula is C22H28O3. The molecule has 134 valence electrons. The number of fused-ring (bicyclic) bond motifs is 5. The van der Waals surface area contributed by atoms with Crippen molar-refractivity contribution in [1.29, 1.82) is 0 Å². The summed E-state index contributed by atoms with van der Waals surface area (Å²) < 4.78 is 5.79. The molecule has 0 heterocycles. The van der Waals surface area contributed by atoms with Crippen molar-refractivity contribution < 1.29 is 14.3 Å². The van der Waals surface area contributed by atoms with E-state index in [9.17, 15) is 9.59 Å². The molecule has 0 aromatic carbocycles. The fraction of sp³-hybridized carbons (Fsp3) is 0.727. The minimum Gasteiger partial charge on any atom is -0.445 e. The molecule has 0 aromatic heterocycles. The van der Waals surface area contributed by atoms with E-state index in [0.29, 0.717) is 35.9 Å². The third-order valence-electron chi connectivity index (χ3n) is 7.97. The van der Waals surface area contributed by atoms with Gasteiger partial charge in [-0.3, -0.25) is 9.59 Å². The van der Waals surface area contributed by atoms with Gasteiger partial charge in [0.2, 0.25) is 0 Å². The van der Waals surface area contributed by atoms with Gasteiger partial charge in [0.1, 0.15) is 0 Å². The lowest BCUT2D eigenvalue weighted by Gasteiger charge is -2.55. The number of esters is 1. The number of terminal acetylenes is 1. The summed E-state index contributed by atoms with van der Waals surface area (Å²) in [6, 6.07) is 0. The number of ether oxygens (including phenoxy) is 1. The summed E-state index contributed by atoms with van der Waals surface area (Å²) in [6.07, 6.45) is 15.8. The van der Waals surface area contributed by atoms with E-state index in [2.05, 4.69) is 12.8 Å². The maximum Gasteiger partial charge on any atom is 0.304 e. The van der Waals surface area contributed by atoms with Crippen LogP contribution in [0, 0.1) is 41.4 Å². The summed E-state index contributed by atoms with van der Waals surface area (Å²) in [5, 5.41) is 0. The second-order valence-corrected chi connectivity index (χ2v) is 8.86. The van der Waals surface area contributed by atoms with Gasteiger partial charge < -0.3 is 4.74 Å². The SMILES string of the molecule is C#C[C@]1(OC(C)=O)CC[C@@H]2[C@H]3CCC4=CC(=O)CC[C@@H]4[C@H]3CC[C@]21C. The summed E-state index contributed by atoms with van der Waals surface area (Å²) in [6.45, 7) is 3.73. The van der Waals surface area contributed by atoms with Gasteiger partial charge in [-0.2, -0.15) is 0 Å². The Kier molecular flexibility index (Phi) is 3.87. The Morgan fingerprint density at radius 3 is 2.72 bits per heavy atom. The molecule has 4 rings (SSSR count). The molecule has 25 heavy (non-hydrogen) atoms. The first-order chi connectivity index (χ1) is 11.9. The standard InChI is InChI=1S/C22H28O3/c1-4-22(25-14(2)23)12-10-20-19-7-5-15-13-16(24)6-8-17(15)18(19)9-11-21(20,22)3/h1,13,17-20H,5-12H2,2-3H3/t17-,18+,19-,20+,21+,22-/m0/s1. The summed E-state index contributed by atoms with van der Waals surface area (Å²) in [5.41, 5.74) is 0.565. The lowest BCUT2D eigenvalue weighted by Crippen LogP contribution is -2.53. The number of carbonyl (C=O) groups excluding carboxylic acids is 2. The quantitative estimate of drug-likeness (QED) is 0.534. The molecule has 0 unspecified atom stereocenters. The minimum atomic E-state index is -0.729. The molecule has 4 aliphatic rings. The number of hydrogen-bond acceptors (Lipinski definition) is 3. The zero-order valence-electron chi connectivity index (χ0n) is 15.3. The molecule has 3 saturated carbocycles. The van der Waals surface area contributed by atoms with Crippen molar-refractivity contribution in [3.63, 3.8) is 0 Å². The van der Waals surface area contributed by atoms with E-state index in [0.717, 1.165) is 44.9 Å². The minimum absolute atomic E-state index is 0.111. The molecule has 3 fully saturated rings. The molecule has 0 aromatic rings. The van der Waals surface area contributed by atoms with Crippen molar-refractivity contribution in [2.45, 2.75) is 70.8 Å². The monoisotopic (exact) mass is 340 g/mol. The van der Waals surface area contributed by atoms with Crippen LogP contribution in [0.2, 0.25) is 0 Å². The molecule has 4 aliphatic carbocycles. The van der Waals surface area contributed by atoms with Crippen molar-refractivity contribution in [3.8, 4) is 12.3 Å². The van der Waals surface area contributed by atoms with E-state index in [1.807, 2.05) is 6.08 Å². The Morgan fingerprint density at radius 1 is 1.20 bits per heavy atom. The van der Waals surface area contributed by atoms with Crippen molar-refractivity contribution >= 4 is 11.8 Å². The van der Waals surface area contributed by atoms with E-state index in [1.165, 1.54) is 12.5 Å². The third-order valence-corrected chi connectivity index (χ3v) is 7.97. The number of ketones is 1. The highest BCUT2D eigenvalue weighted by atomic mass is 16.6. The first kappa shape index (κ1) is 16.9. The highest BCUT2D eigenvalue weighted by Crippen LogP contribution is 2.65. The molecule has 0 bridgehead atoms. The summed E-state index contributed by atoms with van der Waals surface area (Å²) >= 11 is 0. The van der Waals surface area contributed by atoms with Crippen LogP contribution in [0.5, 0.6) is 0 Å². The molecule has 0 N–H and O–H groups in total. The summed E-state index contributed by atoms with van der Waals surface area (Å²) in [7, 11) is 0. The smallest absolute Gasteiger partial charge is 0.304 e. The Morgan fingerprint density at radius 2 is 2.00 bits per heavy atom. The fourth-order valence-corrected chi connectivity index (χ4v) is 6.86. The molecule has 0 spiro atoms. The molecule has 3 heteroatoms. The number of rotatable bonds is 1. The van der Waals surface area contributed by atoms with Gasteiger partial charge in [0, 0.05) is 18.8 Å². The van der Waals surface area contributed by atoms with Crippen molar-refractivity contribution in [3.05, 3.63) is 11.6 Å². The van der Waals surface area contributed by atoms with Crippen LogP contribution in [0.3, 0.4) is 0 Å². The molecule has 0 radical (unpaired) electrons. The lowest BCUT2D eigenvalue weighted by atomic mass is 9.50. The van der Waals surface area contributed by atoms with E-state index in [4.69, 9.17) is 11.2 Å². The largest absolute Gasteiger partial charge is 0.445 e. The third kappa shape index (κ3) is 2.33. The predicted molar refractivity (Wildman–Crippen MR) is 95.4 cm³/mol. The average Bonchev–Trinajstić information content (AvgIpc) is 2.87. The van der Waals surface area contributed by atoms with Gasteiger partial charge in [-0.05, 0) is 74.7 Å². The maximum absolute atomic E-state index is 11.8. The molecule has 3 nitrogen and oxygen atoms in total. The summed E-state index contributed by atoms with van der Waals surface area (Å²) in [4.78, 5) is 23.5. The van der Waals surface area contributed by atoms with Crippen molar-refractivity contribution in [2.75, 3.05) is 0 Å². The van der Waals surface area contributed by atoms with Crippen LogP contribution in [-0.2, 0) is 14.3 Å². The molecule has 0 saturated heterocycles. The molecule has 6 atom stereocenters. The Labute approximate surface area is 150 Å². The van der Waals surface area contributed by atoms with Gasteiger partial charge in [-0.25, -0.2) is 0 Å². The van der Waals surface area contributed by atoms with E-state index in [1.54, 1.807) is 0 Å². The Bertz CT molecular complexity index is 684. The van der Waals surface area contributed by atoms with Crippen LogP contribution >= 0.6 is 0 Å². The van der Waals surface area contributed by atoms with Crippen LogP contribution in [-0.4, -0.2) is 17.4 Å². The predicted octanol–water partition coefficient (Wildman–Crippen LogP) is 4.06. The van der Waals surface area contributed by atoms with Gasteiger partial charge >= 0.3 is 5.97 Å². The van der Waals surface area contributed by atoms with Crippen molar-refractivity contribution in [2.24, 2.45) is 29.1 Å². The van der Waals surface area contributed by atoms with Crippen LogP contribution in [0.25, 0.3) is 0 Å². The molecule has 0 amide bonds. The lowest BCUT2D eigenvalue weighted by molar-refractivity contribution is -0.167.